The summed E-state index contributed by atoms with van der Waals surface area (Å²) in [6, 6.07) is 3.70. The number of rotatable bonds is 7. The van der Waals surface area contributed by atoms with Crippen molar-refractivity contribution in [3.05, 3.63) is 36.4 Å². The Morgan fingerprint density at radius 3 is 3.12 bits per heavy atom. The molecule has 8 nitrogen and oxygen atoms in total. The van der Waals surface area contributed by atoms with Crippen LogP contribution >= 0.6 is 0 Å². The number of hydrogen-bond donors (Lipinski definition) is 1. The number of pyridine rings is 1. The molecule has 1 amide bonds. The molecule has 2 aromatic heterocycles. The van der Waals surface area contributed by atoms with E-state index >= 15 is 0 Å². The van der Waals surface area contributed by atoms with Crippen LogP contribution in [0, 0.1) is 0 Å². The summed E-state index contributed by atoms with van der Waals surface area (Å²) in [5, 5.41) is 2.79. The third kappa shape index (κ3) is 4.59. The van der Waals surface area contributed by atoms with E-state index in [0.717, 1.165) is 30.9 Å². The van der Waals surface area contributed by atoms with Crippen LogP contribution in [0.3, 0.4) is 0 Å². The maximum absolute atomic E-state index is 11.2. The van der Waals surface area contributed by atoms with Gasteiger partial charge in [-0.3, -0.25) is 9.78 Å². The molecule has 0 bridgehead atoms. The Hall–Kier alpha value is -2.90. The van der Waals surface area contributed by atoms with E-state index in [0.29, 0.717) is 24.8 Å². The zero-order valence-electron chi connectivity index (χ0n) is 15.0. The lowest BCUT2D eigenvalue weighted by molar-refractivity contribution is -0.119. The number of hydrogen-bond acceptors (Lipinski definition) is 7. The van der Waals surface area contributed by atoms with E-state index in [1.54, 1.807) is 12.4 Å². The van der Waals surface area contributed by atoms with Gasteiger partial charge in [-0.05, 0) is 13.0 Å². The van der Waals surface area contributed by atoms with E-state index < -0.39 is 0 Å². The summed E-state index contributed by atoms with van der Waals surface area (Å²) in [6.07, 6.45) is 5.81. The van der Waals surface area contributed by atoms with Gasteiger partial charge >= 0.3 is 0 Å². The van der Waals surface area contributed by atoms with Crippen molar-refractivity contribution in [1.29, 1.82) is 0 Å². The van der Waals surface area contributed by atoms with E-state index in [1.807, 2.05) is 19.1 Å². The highest BCUT2D eigenvalue weighted by Crippen LogP contribution is 2.25. The Morgan fingerprint density at radius 1 is 1.42 bits per heavy atom. The van der Waals surface area contributed by atoms with Crippen molar-refractivity contribution >= 4 is 11.7 Å². The number of aromatic nitrogens is 3. The van der Waals surface area contributed by atoms with Crippen molar-refractivity contribution < 1.29 is 14.3 Å². The SMILES string of the molecule is CCOc1cc(N2CC[C@H](Oc3cnccc3CNC(C)=O)C2)ncn1. The summed E-state index contributed by atoms with van der Waals surface area (Å²) in [6.45, 7) is 5.97. The van der Waals surface area contributed by atoms with E-state index in [2.05, 4.69) is 25.2 Å². The van der Waals surface area contributed by atoms with Gasteiger partial charge in [0.05, 0.1) is 19.3 Å². The molecule has 3 rings (SSSR count). The Labute approximate surface area is 152 Å². The predicted molar refractivity (Wildman–Crippen MR) is 96.2 cm³/mol. The molecule has 3 heterocycles. The molecule has 0 saturated carbocycles. The smallest absolute Gasteiger partial charge is 0.218 e. The second-order valence-electron chi connectivity index (χ2n) is 6.02. The van der Waals surface area contributed by atoms with Crippen LogP contribution in [-0.4, -0.2) is 46.7 Å². The lowest BCUT2D eigenvalue weighted by atomic mass is 10.2. The van der Waals surface area contributed by atoms with Crippen LogP contribution in [-0.2, 0) is 11.3 Å². The van der Waals surface area contributed by atoms with Crippen molar-refractivity contribution in [3.8, 4) is 11.6 Å². The second kappa shape index (κ2) is 8.46. The summed E-state index contributed by atoms with van der Waals surface area (Å²) in [7, 11) is 0. The summed E-state index contributed by atoms with van der Waals surface area (Å²) in [4.78, 5) is 25.9. The Balaban J connectivity index is 1.63. The third-order valence-electron chi connectivity index (χ3n) is 4.08. The Morgan fingerprint density at radius 2 is 2.31 bits per heavy atom. The van der Waals surface area contributed by atoms with Crippen molar-refractivity contribution in [2.75, 3.05) is 24.6 Å². The zero-order chi connectivity index (χ0) is 18.4. The van der Waals surface area contributed by atoms with Gasteiger partial charge in [-0.25, -0.2) is 9.97 Å². The molecule has 1 aliphatic rings. The fourth-order valence-electron chi connectivity index (χ4n) is 2.82. The maximum atomic E-state index is 11.2. The van der Waals surface area contributed by atoms with E-state index in [9.17, 15) is 4.79 Å². The summed E-state index contributed by atoms with van der Waals surface area (Å²) >= 11 is 0. The molecule has 138 valence electrons. The molecule has 1 saturated heterocycles. The highest BCUT2D eigenvalue weighted by molar-refractivity contribution is 5.72. The molecule has 26 heavy (non-hydrogen) atoms. The van der Waals surface area contributed by atoms with Crippen LogP contribution in [0.15, 0.2) is 30.9 Å². The van der Waals surface area contributed by atoms with Gasteiger partial charge in [-0.15, -0.1) is 0 Å². The molecule has 0 spiro atoms. The van der Waals surface area contributed by atoms with Crippen molar-refractivity contribution in [2.24, 2.45) is 0 Å². The Kier molecular flexibility index (Phi) is 5.83. The number of carbonyl (C=O) groups is 1. The molecule has 1 aliphatic heterocycles. The Bertz CT molecular complexity index is 755. The second-order valence-corrected chi connectivity index (χ2v) is 6.02. The quantitative estimate of drug-likeness (QED) is 0.804. The van der Waals surface area contributed by atoms with E-state index in [-0.39, 0.29) is 12.0 Å². The number of nitrogens with zero attached hydrogens (tertiary/aromatic N) is 4. The van der Waals surface area contributed by atoms with Crippen LogP contribution in [0.25, 0.3) is 0 Å². The molecule has 1 N–H and O–H groups in total. The number of amides is 1. The molecule has 0 unspecified atom stereocenters. The largest absolute Gasteiger partial charge is 0.487 e. The van der Waals surface area contributed by atoms with Gasteiger partial charge in [0.25, 0.3) is 0 Å². The maximum Gasteiger partial charge on any atom is 0.218 e. The predicted octanol–water partition coefficient (Wildman–Crippen LogP) is 1.56. The van der Waals surface area contributed by atoms with Gasteiger partial charge in [0.15, 0.2) is 0 Å². The van der Waals surface area contributed by atoms with Crippen molar-refractivity contribution in [3.63, 3.8) is 0 Å². The molecule has 0 aromatic carbocycles. The van der Waals surface area contributed by atoms with Crippen LogP contribution in [0.2, 0.25) is 0 Å². The fraction of sp³-hybridized carbons (Fsp3) is 0.444. The fourth-order valence-corrected chi connectivity index (χ4v) is 2.82. The van der Waals surface area contributed by atoms with Gasteiger partial charge in [-0.1, -0.05) is 0 Å². The third-order valence-corrected chi connectivity index (χ3v) is 4.08. The molecule has 1 atom stereocenters. The molecule has 2 aromatic rings. The topological polar surface area (TPSA) is 89.5 Å². The standard InChI is InChI=1S/C18H23N5O3/c1-3-25-18-8-17(21-12-22-18)23-7-5-15(11-23)26-16-10-19-6-4-14(16)9-20-13(2)24/h4,6,8,10,12,15H,3,5,7,9,11H2,1-2H3,(H,20,24)/t15-/m0/s1. The van der Waals surface area contributed by atoms with Gasteiger partial charge in [-0.2, -0.15) is 0 Å². The number of anilines is 1. The first-order chi connectivity index (χ1) is 12.7. The number of carbonyl (C=O) groups excluding carboxylic acids is 1. The zero-order valence-corrected chi connectivity index (χ0v) is 15.0. The van der Waals surface area contributed by atoms with Gasteiger partial charge in [0.2, 0.25) is 11.8 Å². The average molecular weight is 357 g/mol. The highest BCUT2D eigenvalue weighted by atomic mass is 16.5. The number of ether oxygens (including phenoxy) is 2. The normalized spacial score (nSPS) is 16.4. The molecule has 8 heteroatoms. The van der Waals surface area contributed by atoms with Crippen molar-refractivity contribution in [1.82, 2.24) is 20.3 Å². The monoisotopic (exact) mass is 357 g/mol. The molecular weight excluding hydrogens is 334 g/mol. The van der Waals surface area contributed by atoms with Gasteiger partial charge < -0.3 is 19.7 Å². The van der Waals surface area contributed by atoms with Crippen LogP contribution in [0.5, 0.6) is 11.6 Å². The van der Waals surface area contributed by atoms with Gasteiger partial charge in [0, 0.05) is 44.3 Å². The summed E-state index contributed by atoms with van der Waals surface area (Å²) in [5.41, 5.74) is 0.911. The summed E-state index contributed by atoms with van der Waals surface area (Å²) < 4.78 is 11.6. The molecule has 0 aliphatic carbocycles. The first-order valence-electron chi connectivity index (χ1n) is 8.69. The molecular formula is C18H23N5O3. The van der Waals surface area contributed by atoms with Crippen LogP contribution in [0.4, 0.5) is 5.82 Å². The van der Waals surface area contributed by atoms with E-state index in [1.165, 1.54) is 13.3 Å². The van der Waals surface area contributed by atoms with Crippen LogP contribution in [0.1, 0.15) is 25.8 Å². The highest BCUT2D eigenvalue weighted by Gasteiger charge is 2.26. The van der Waals surface area contributed by atoms with Crippen molar-refractivity contribution in [2.45, 2.75) is 32.9 Å². The number of nitrogens with one attached hydrogen (secondary N) is 1. The van der Waals surface area contributed by atoms with Gasteiger partial charge in [0.1, 0.15) is 24.0 Å². The lowest BCUT2D eigenvalue weighted by Gasteiger charge is -2.19. The minimum atomic E-state index is -0.0753. The molecule has 1 fully saturated rings. The minimum Gasteiger partial charge on any atom is -0.487 e. The van der Waals surface area contributed by atoms with Crippen LogP contribution < -0.4 is 19.7 Å². The minimum absolute atomic E-state index is 0.0285. The van der Waals surface area contributed by atoms with E-state index in [4.69, 9.17) is 9.47 Å². The first kappa shape index (κ1) is 17.9. The first-order valence-corrected chi connectivity index (χ1v) is 8.69. The summed E-state index contributed by atoms with van der Waals surface area (Å²) in [5.74, 6) is 2.03. The molecule has 0 radical (unpaired) electrons. The average Bonchev–Trinajstić information content (AvgIpc) is 3.10. The lowest BCUT2D eigenvalue weighted by Crippen LogP contribution is -2.26.